The van der Waals surface area contributed by atoms with Gasteiger partial charge < -0.3 is 15.5 Å². The molecule has 140 valence electrons. The van der Waals surface area contributed by atoms with Gasteiger partial charge in [0.2, 0.25) is 9.84 Å². The summed E-state index contributed by atoms with van der Waals surface area (Å²) in [6, 6.07) is 8.44. The Labute approximate surface area is 154 Å². The van der Waals surface area contributed by atoms with Gasteiger partial charge in [0.15, 0.2) is 16.5 Å². The van der Waals surface area contributed by atoms with Gasteiger partial charge in [-0.2, -0.15) is 0 Å². The van der Waals surface area contributed by atoms with Crippen molar-refractivity contribution in [3.63, 3.8) is 0 Å². The summed E-state index contributed by atoms with van der Waals surface area (Å²) < 4.78 is 28.3. The van der Waals surface area contributed by atoms with Crippen molar-refractivity contribution in [1.82, 2.24) is 14.7 Å². The summed E-state index contributed by atoms with van der Waals surface area (Å²) in [5.41, 5.74) is 0.476. The first-order valence-corrected chi connectivity index (χ1v) is 9.90. The summed E-state index contributed by atoms with van der Waals surface area (Å²) >= 11 is 0. The number of hydrogen-bond donors (Lipinski definition) is 2. The summed E-state index contributed by atoms with van der Waals surface area (Å²) in [7, 11) is 1.92. The lowest BCUT2D eigenvalue weighted by atomic mass is 9.98. The topological polar surface area (TPSA) is 79.3 Å². The molecule has 0 saturated carbocycles. The van der Waals surface area contributed by atoms with Gasteiger partial charge in [-0.15, -0.1) is 5.10 Å². The first-order chi connectivity index (χ1) is 12.2. The molecule has 0 amide bonds. The van der Waals surface area contributed by atoms with E-state index in [-0.39, 0.29) is 9.79 Å². The van der Waals surface area contributed by atoms with Crippen LogP contribution >= 0.6 is 0 Å². The molecule has 0 aliphatic carbocycles. The second kappa shape index (κ2) is 6.44. The minimum absolute atomic E-state index is 0.170. The lowest BCUT2D eigenvalue weighted by Gasteiger charge is -2.35. The maximum Gasteiger partial charge on any atom is 0.213 e. The molecule has 0 radical (unpaired) electrons. The van der Waals surface area contributed by atoms with E-state index in [1.54, 1.807) is 42.1 Å². The van der Waals surface area contributed by atoms with Crippen LogP contribution in [0.3, 0.4) is 0 Å². The fourth-order valence-electron chi connectivity index (χ4n) is 3.48. The number of allylic oxidation sites excluding steroid dienone is 1. The van der Waals surface area contributed by atoms with Crippen LogP contribution in [0.1, 0.15) is 13.8 Å². The molecule has 7 nitrogen and oxygen atoms in total. The Bertz CT molecular complexity index is 947. The molecule has 26 heavy (non-hydrogen) atoms. The molecule has 0 saturated heterocycles. The zero-order chi connectivity index (χ0) is 19.1. The molecule has 8 heteroatoms. The highest BCUT2D eigenvalue weighted by atomic mass is 32.2. The van der Waals surface area contributed by atoms with Crippen LogP contribution in [-0.2, 0) is 9.84 Å². The number of fused-ring (bicyclic) bond motifs is 1. The molecular formula is C18H25N5O2S. The van der Waals surface area contributed by atoms with Gasteiger partial charge in [0.05, 0.1) is 10.4 Å². The van der Waals surface area contributed by atoms with E-state index in [9.17, 15) is 8.42 Å². The number of hydrogen-bond acceptors (Lipinski definition) is 6. The minimum atomic E-state index is -3.73. The highest BCUT2D eigenvalue weighted by Gasteiger charge is 2.37. The third-order valence-electron chi connectivity index (χ3n) is 4.31. The van der Waals surface area contributed by atoms with Crippen molar-refractivity contribution in [3.8, 4) is 0 Å². The average Bonchev–Trinajstić information content (AvgIpc) is 2.93. The van der Waals surface area contributed by atoms with Crippen molar-refractivity contribution in [1.29, 1.82) is 0 Å². The predicted octanol–water partition coefficient (Wildman–Crippen LogP) is 2.36. The minimum Gasteiger partial charge on any atom is -0.370 e. The Morgan fingerprint density at radius 2 is 1.92 bits per heavy atom. The molecule has 1 aromatic carbocycles. The molecule has 0 bridgehead atoms. The molecule has 2 heterocycles. The molecular weight excluding hydrogens is 350 g/mol. The monoisotopic (exact) mass is 375 g/mol. The van der Waals surface area contributed by atoms with Crippen LogP contribution in [0.15, 0.2) is 46.2 Å². The third-order valence-corrected chi connectivity index (χ3v) is 6.13. The molecule has 2 N–H and O–H groups in total. The zero-order valence-electron chi connectivity index (χ0n) is 15.7. The molecule has 1 unspecified atom stereocenters. The van der Waals surface area contributed by atoms with E-state index in [0.29, 0.717) is 11.6 Å². The van der Waals surface area contributed by atoms with E-state index in [1.807, 2.05) is 27.9 Å². The van der Waals surface area contributed by atoms with Crippen molar-refractivity contribution in [2.45, 2.75) is 29.2 Å². The van der Waals surface area contributed by atoms with E-state index in [0.717, 1.165) is 12.2 Å². The van der Waals surface area contributed by atoms with Gasteiger partial charge in [-0.3, -0.25) is 0 Å². The Morgan fingerprint density at radius 3 is 2.50 bits per heavy atom. The van der Waals surface area contributed by atoms with Gasteiger partial charge in [-0.05, 0) is 46.2 Å². The smallest absolute Gasteiger partial charge is 0.213 e. The number of aromatic nitrogens is 2. The Morgan fingerprint density at radius 1 is 1.27 bits per heavy atom. The zero-order valence-corrected chi connectivity index (χ0v) is 16.6. The molecule has 0 fully saturated rings. The van der Waals surface area contributed by atoms with Crippen LogP contribution in [0.5, 0.6) is 0 Å². The van der Waals surface area contributed by atoms with E-state index in [4.69, 9.17) is 0 Å². The van der Waals surface area contributed by atoms with Crippen LogP contribution in [-0.4, -0.2) is 56.3 Å². The second-order valence-electron chi connectivity index (χ2n) is 7.07. The quantitative estimate of drug-likeness (QED) is 0.835. The number of rotatable bonds is 5. The molecule has 0 spiro atoms. The summed E-state index contributed by atoms with van der Waals surface area (Å²) in [5, 5.41) is 10.8. The largest absolute Gasteiger partial charge is 0.370 e. The maximum absolute atomic E-state index is 13.3. The molecule has 1 aliphatic heterocycles. The van der Waals surface area contributed by atoms with Gasteiger partial charge in [0.1, 0.15) is 0 Å². The predicted molar refractivity (Wildman–Crippen MR) is 104 cm³/mol. The SMILES string of the molecule is CNc1nn2c(c1S(=O)(=O)c1ccccc1)NC(C)(CN(C)C)C=C2C. The molecule has 3 rings (SSSR count). The standard InChI is InChI=1S/C18H25N5O2S/c1-13-11-18(2,12-22(4)5)20-17-15(16(19-3)21-23(13)17)26(24,25)14-9-7-6-8-10-14/h6-11,20H,12H2,1-5H3,(H,19,21). The van der Waals surface area contributed by atoms with E-state index < -0.39 is 15.4 Å². The van der Waals surface area contributed by atoms with Gasteiger partial charge in [-0.1, -0.05) is 18.2 Å². The normalized spacial score (nSPS) is 19.7. The van der Waals surface area contributed by atoms with Crippen LogP contribution < -0.4 is 10.6 Å². The summed E-state index contributed by atoms with van der Waals surface area (Å²) in [4.78, 5) is 2.48. The Balaban J connectivity index is 2.20. The van der Waals surface area contributed by atoms with Crippen molar-refractivity contribution in [2.24, 2.45) is 0 Å². The highest BCUT2D eigenvalue weighted by Crippen LogP contribution is 2.39. The molecule has 1 atom stereocenters. The molecule has 2 aromatic rings. The van der Waals surface area contributed by atoms with Crippen molar-refractivity contribution < 1.29 is 8.42 Å². The second-order valence-corrected chi connectivity index (χ2v) is 8.96. The average molecular weight is 375 g/mol. The lowest BCUT2D eigenvalue weighted by molar-refractivity contribution is 0.351. The van der Waals surface area contributed by atoms with Crippen LogP contribution in [0.2, 0.25) is 0 Å². The van der Waals surface area contributed by atoms with Crippen molar-refractivity contribution in [3.05, 3.63) is 36.4 Å². The first-order valence-electron chi connectivity index (χ1n) is 8.41. The van der Waals surface area contributed by atoms with Gasteiger partial charge in [0, 0.05) is 19.3 Å². The summed E-state index contributed by atoms with van der Waals surface area (Å²) in [5.74, 6) is 0.820. The van der Waals surface area contributed by atoms with Gasteiger partial charge in [0.25, 0.3) is 0 Å². The number of anilines is 2. The van der Waals surface area contributed by atoms with Crippen molar-refractivity contribution >= 4 is 27.2 Å². The Hall–Kier alpha value is -2.32. The van der Waals surface area contributed by atoms with Crippen molar-refractivity contribution in [2.75, 3.05) is 38.3 Å². The third kappa shape index (κ3) is 3.10. The number of likely N-dealkylation sites (N-methyl/N-ethyl adjacent to an activating group) is 1. The van der Waals surface area contributed by atoms with E-state index in [2.05, 4.69) is 26.7 Å². The number of benzene rings is 1. The maximum atomic E-state index is 13.3. The number of nitrogens with one attached hydrogen (secondary N) is 2. The summed E-state index contributed by atoms with van der Waals surface area (Å²) in [6.45, 7) is 4.70. The van der Waals surface area contributed by atoms with Gasteiger partial charge >= 0.3 is 0 Å². The Kier molecular flexibility index (Phi) is 4.58. The highest BCUT2D eigenvalue weighted by molar-refractivity contribution is 7.91. The van der Waals surface area contributed by atoms with Crippen LogP contribution in [0, 0.1) is 0 Å². The number of nitrogens with zero attached hydrogens (tertiary/aromatic N) is 3. The lowest BCUT2D eigenvalue weighted by Crippen LogP contribution is -2.45. The molecule has 1 aliphatic rings. The van der Waals surface area contributed by atoms with Crippen LogP contribution in [0.25, 0.3) is 5.70 Å². The molecule has 1 aromatic heterocycles. The fraction of sp³-hybridized carbons (Fsp3) is 0.389. The van der Waals surface area contributed by atoms with Gasteiger partial charge in [-0.25, -0.2) is 13.1 Å². The summed E-state index contributed by atoms with van der Waals surface area (Å²) in [6.07, 6.45) is 2.07. The van der Waals surface area contributed by atoms with E-state index in [1.165, 1.54) is 0 Å². The first kappa shape index (κ1) is 18.5. The fourth-order valence-corrected chi connectivity index (χ4v) is 5.02. The van der Waals surface area contributed by atoms with E-state index >= 15 is 0 Å². The van der Waals surface area contributed by atoms with Crippen LogP contribution in [0.4, 0.5) is 11.6 Å². The number of sulfone groups is 1.